The Kier molecular flexibility index (Phi) is 7.40. The lowest BCUT2D eigenvalue weighted by Gasteiger charge is -2.28. The van der Waals surface area contributed by atoms with Crippen molar-refractivity contribution < 1.29 is 9.53 Å². The van der Waals surface area contributed by atoms with E-state index in [4.69, 9.17) is 4.74 Å². The lowest BCUT2D eigenvalue weighted by Crippen LogP contribution is -2.35. The minimum absolute atomic E-state index is 0.192. The molecule has 4 heteroatoms. The zero-order valence-corrected chi connectivity index (χ0v) is 14.4. The summed E-state index contributed by atoms with van der Waals surface area (Å²) in [4.78, 5) is 12.0. The van der Waals surface area contributed by atoms with E-state index in [0.717, 1.165) is 38.2 Å². The Labute approximate surface area is 140 Å². The second kappa shape index (κ2) is 9.56. The third-order valence-corrected chi connectivity index (χ3v) is 4.77. The molecule has 1 fully saturated rings. The molecular formula is C19H30N2O2. The quantitative estimate of drug-likeness (QED) is 0.725. The molecule has 23 heavy (non-hydrogen) atoms. The minimum atomic E-state index is 0.192. The van der Waals surface area contributed by atoms with Gasteiger partial charge in [-0.05, 0) is 68.3 Å². The van der Waals surface area contributed by atoms with Gasteiger partial charge in [0.1, 0.15) is 5.75 Å². The summed E-state index contributed by atoms with van der Waals surface area (Å²) in [5, 5.41) is 6.49. The normalized spacial score (nSPS) is 19.1. The summed E-state index contributed by atoms with van der Waals surface area (Å²) in [7, 11) is 1.68. The Morgan fingerprint density at radius 3 is 2.83 bits per heavy atom. The van der Waals surface area contributed by atoms with E-state index in [0.29, 0.717) is 18.3 Å². The number of carbonyl (C=O) groups is 1. The van der Waals surface area contributed by atoms with Gasteiger partial charge in [0.05, 0.1) is 7.11 Å². The average molecular weight is 318 g/mol. The van der Waals surface area contributed by atoms with Crippen LogP contribution in [0.25, 0.3) is 0 Å². The third kappa shape index (κ3) is 6.22. The Hall–Kier alpha value is -1.55. The molecule has 1 aliphatic rings. The fourth-order valence-electron chi connectivity index (χ4n) is 3.21. The highest BCUT2D eigenvalue weighted by atomic mass is 16.5. The first-order valence-corrected chi connectivity index (χ1v) is 8.79. The number of amides is 1. The van der Waals surface area contributed by atoms with E-state index in [1.54, 1.807) is 7.11 Å². The second-order valence-electron chi connectivity index (χ2n) is 6.59. The van der Waals surface area contributed by atoms with Gasteiger partial charge in [0.15, 0.2) is 0 Å². The number of ether oxygens (including phenoxy) is 1. The molecule has 128 valence electrons. The van der Waals surface area contributed by atoms with Crippen LogP contribution in [0, 0.1) is 11.8 Å². The van der Waals surface area contributed by atoms with Gasteiger partial charge in [0.25, 0.3) is 0 Å². The molecule has 2 unspecified atom stereocenters. The molecule has 0 saturated carbocycles. The summed E-state index contributed by atoms with van der Waals surface area (Å²) < 4.78 is 5.15. The van der Waals surface area contributed by atoms with Gasteiger partial charge >= 0.3 is 0 Å². The lowest BCUT2D eigenvalue weighted by molar-refractivity contribution is -0.122. The van der Waals surface area contributed by atoms with Gasteiger partial charge in [-0.15, -0.1) is 0 Å². The maximum absolute atomic E-state index is 12.0. The van der Waals surface area contributed by atoms with Crippen LogP contribution < -0.4 is 15.4 Å². The van der Waals surface area contributed by atoms with Crippen LogP contribution in [0.15, 0.2) is 24.3 Å². The molecule has 2 N–H and O–H groups in total. The maximum Gasteiger partial charge on any atom is 0.220 e. The summed E-state index contributed by atoms with van der Waals surface area (Å²) in [6.45, 7) is 5.14. The van der Waals surface area contributed by atoms with E-state index in [1.165, 1.54) is 18.4 Å². The molecule has 1 aliphatic heterocycles. The molecule has 4 nitrogen and oxygen atoms in total. The minimum Gasteiger partial charge on any atom is -0.497 e. The van der Waals surface area contributed by atoms with E-state index in [-0.39, 0.29) is 5.91 Å². The summed E-state index contributed by atoms with van der Waals surface area (Å²) in [5.41, 5.74) is 1.28. The molecule has 1 heterocycles. The average Bonchev–Trinajstić information content (AvgIpc) is 2.60. The SMILES string of the molecule is COc1ccc(CCCNC(=O)CC(C)C2CCCNC2)cc1. The molecule has 1 amide bonds. The van der Waals surface area contributed by atoms with E-state index >= 15 is 0 Å². The highest BCUT2D eigenvalue weighted by Gasteiger charge is 2.21. The number of nitrogens with one attached hydrogen (secondary N) is 2. The molecule has 2 atom stereocenters. The highest BCUT2D eigenvalue weighted by molar-refractivity contribution is 5.76. The van der Waals surface area contributed by atoms with Crippen molar-refractivity contribution >= 4 is 5.91 Å². The van der Waals surface area contributed by atoms with Gasteiger partial charge in [-0.25, -0.2) is 0 Å². The molecule has 1 aromatic carbocycles. The van der Waals surface area contributed by atoms with Crippen molar-refractivity contribution in [2.24, 2.45) is 11.8 Å². The summed E-state index contributed by atoms with van der Waals surface area (Å²) in [6, 6.07) is 8.12. The van der Waals surface area contributed by atoms with Crippen LogP contribution in [0.1, 0.15) is 38.2 Å². The first-order chi connectivity index (χ1) is 11.2. The van der Waals surface area contributed by atoms with Gasteiger partial charge in [0, 0.05) is 13.0 Å². The van der Waals surface area contributed by atoms with Gasteiger partial charge in [-0.1, -0.05) is 19.1 Å². The van der Waals surface area contributed by atoms with Crippen LogP contribution in [0.2, 0.25) is 0 Å². The predicted molar refractivity (Wildman–Crippen MR) is 93.7 cm³/mol. The van der Waals surface area contributed by atoms with Crippen molar-refractivity contribution in [1.29, 1.82) is 0 Å². The van der Waals surface area contributed by atoms with Crippen LogP contribution in [0.3, 0.4) is 0 Å². The standard InChI is InChI=1S/C19H30N2O2/c1-15(17-6-4-11-20-14-17)13-19(22)21-12-3-5-16-7-9-18(23-2)10-8-16/h7-10,15,17,20H,3-6,11-14H2,1-2H3,(H,21,22). The van der Waals surface area contributed by atoms with Crippen molar-refractivity contribution in [1.82, 2.24) is 10.6 Å². The van der Waals surface area contributed by atoms with Crippen molar-refractivity contribution in [3.05, 3.63) is 29.8 Å². The number of aryl methyl sites for hydroxylation is 1. The monoisotopic (exact) mass is 318 g/mol. The first kappa shape index (κ1) is 17.8. The molecule has 0 aliphatic carbocycles. The predicted octanol–water partition coefficient (Wildman–Crippen LogP) is 2.77. The number of rotatable bonds is 8. The smallest absolute Gasteiger partial charge is 0.220 e. The number of carbonyl (C=O) groups excluding carboxylic acids is 1. The number of benzene rings is 1. The van der Waals surface area contributed by atoms with Crippen molar-refractivity contribution in [2.45, 2.75) is 39.0 Å². The second-order valence-corrected chi connectivity index (χ2v) is 6.59. The van der Waals surface area contributed by atoms with E-state index < -0.39 is 0 Å². The summed E-state index contributed by atoms with van der Waals surface area (Å²) in [6.07, 6.45) is 5.08. The molecule has 2 rings (SSSR count). The van der Waals surface area contributed by atoms with Crippen molar-refractivity contribution in [3.8, 4) is 5.75 Å². The maximum atomic E-state index is 12.0. The lowest BCUT2D eigenvalue weighted by atomic mass is 9.85. The largest absolute Gasteiger partial charge is 0.497 e. The Morgan fingerprint density at radius 1 is 1.39 bits per heavy atom. The molecule has 0 radical (unpaired) electrons. The van der Waals surface area contributed by atoms with Crippen LogP contribution in [-0.2, 0) is 11.2 Å². The van der Waals surface area contributed by atoms with Gasteiger partial charge in [0.2, 0.25) is 5.91 Å². The zero-order valence-electron chi connectivity index (χ0n) is 14.4. The highest BCUT2D eigenvalue weighted by Crippen LogP contribution is 2.22. The topological polar surface area (TPSA) is 50.4 Å². The van der Waals surface area contributed by atoms with Crippen molar-refractivity contribution in [2.75, 3.05) is 26.7 Å². The van der Waals surface area contributed by atoms with Gasteiger partial charge in [-0.3, -0.25) is 4.79 Å². The van der Waals surface area contributed by atoms with Crippen LogP contribution >= 0.6 is 0 Å². The molecule has 0 spiro atoms. The van der Waals surface area contributed by atoms with Gasteiger partial charge < -0.3 is 15.4 Å². The number of methoxy groups -OCH3 is 1. The van der Waals surface area contributed by atoms with Crippen LogP contribution in [-0.4, -0.2) is 32.7 Å². The molecule has 0 bridgehead atoms. The van der Waals surface area contributed by atoms with Gasteiger partial charge in [-0.2, -0.15) is 0 Å². The Balaban J connectivity index is 1.60. The summed E-state index contributed by atoms with van der Waals surface area (Å²) in [5.74, 6) is 2.18. The molecule has 0 aromatic heterocycles. The fourth-order valence-corrected chi connectivity index (χ4v) is 3.21. The Morgan fingerprint density at radius 2 is 2.17 bits per heavy atom. The fraction of sp³-hybridized carbons (Fsp3) is 0.632. The molecular weight excluding hydrogens is 288 g/mol. The van der Waals surface area contributed by atoms with E-state index in [1.807, 2.05) is 12.1 Å². The molecule has 1 aromatic rings. The van der Waals surface area contributed by atoms with Crippen LogP contribution in [0.5, 0.6) is 5.75 Å². The summed E-state index contributed by atoms with van der Waals surface area (Å²) >= 11 is 0. The van der Waals surface area contributed by atoms with E-state index in [9.17, 15) is 4.79 Å². The van der Waals surface area contributed by atoms with E-state index in [2.05, 4.69) is 29.7 Å². The number of hydrogen-bond acceptors (Lipinski definition) is 3. The number of piperidine rings is 1. The Bertz CT molecular complexity index is 467. The molecule has 1 saturated heterocycles. The van der Waals surface area contributed by atoms with Crippen LogP contribution in [0.4, 0.5) is 0 Å². The first-order valence-electron chi connectivity index (χ1n) is 8.79. The third-order valence-electron chi connectivity index (χ3n) is 4.77. The number of hydrogen-bond donors (Lipinski definition) is 2. The zero-order chi connectivity index (χ0) is 16.5. The van der Waals surface area contributed by atoms with Crippen molar-refractivity contribution in [3.63, 3.8) is 0 Å².